The van der Waals surface area contributed by atoms with Crippen LogP contribution in [0, 0.1) is 0 Å². The van der Waals surface area contributed by atoms with Crippen molar-refractivity contribution < 1.29 is 13.5 Å². The van der Waals surface area contributed by atoms with E-state index >= 15 is 0 Å². The molecule has 96 valence electrons. The van der Waals surface area contributed by atoms with Crippen molar-refractivity contribution in [2.45, 2.75) is 32.5 Å². The van der Waals surface area contributed by atoms with Crippen LogP contribution >= 0.6 is 0 Å². The van der Waals surface area contributed by atoms with E-state index in [4.69, 9.17) is 5.73 Å². The number of benzene rings is 1. The summed E-state index contributed by atoms with van der Waals surface area (Å²) in [6.07, 6.45) is 0. The topological polar surface area (TPSA) is 47.3 Å². The quantitative estimate of drug-likeness (QED) is 0.807. The van der Waals surface area contributed by atoms with Crippen LogP contribution in [-0.2, 0) is 0 Å². The molecule has 3 nitrogen and oxygen atoms in total. The van der Waals surface area contributed by atoms with Gasteiger partial charge >= 0.3 is 6.61 Å². The zero-order valence-corrected chi connectivity index (χ0v) is 9.99. The van der Waals surface area contributed by atoms with Gasteiger partial charge in [-0.15, -0.1) is 0 Å². The van der Waals surface area contributed by atoms with Crippen molar-refractivity contribution in [2.75, 3.05) is 6.54 Å². The van der Waals surface area contributed by atoms with Crippen molar-refractivity contribution in [3.63, 3.8) is 0 Å². The largest absolute Gasteiger partial charge is 0.435 e. The molecular weight excluding hydrogens is 226 g/mol. The van der Waals surface area contributed by atoms with E-state index in [2.05, 4.69) is 10.1 Å². The highest BCUT2D eigenvalue weighted by Crippen LogP contribution is 2.20. The summed E-state index contributed by atoms with van der Waals surface area (Å²) < 4.78 is 28.5. The second-order valence-electron chi connectivity index (χ2n) is 3.98. The van der Waals surface area contributed by atoms with E-state index in [1.807, 2.05) is 19.9 Å². The number of nitrogens with two attached hydrogens (primary N) is 1. The molecule has 0 aliphatic heterocycles. The maximum atomic E-state index is 12.1. The van der Waals surface area contributed by atoms with Gasteiger partial charge in [-0.25, -0.2) is 0 Å². The van der Waals surface area contributed by atoms with Gasteiger partial charge in [-0.05, 0) is 31.5 Å². The molecule has 1 rings (SSSR count). The molecule has 17 heavy (non-hydrogen) atoms. The lowest BCUT2D eigenvalue weighted by atomic mass is 10.1. The predicted octanol–water partition coefficient (Wildman–Crippen LogP) is 2.29. The average molecular weight is 244 g/mol. The fourth-order valence-electron chi connectivity index (χ4n) is 1.55. The highest BCUT2D eigenvalue weighted by Gasteiger charge is 2.10. The van der Waals surface area contributed by atoms with Crippen LogP contribution in [0.3, 0.4) is 0 Å². The summed E-state index contributed by atoms with van der Waals surface area (Å²) in [6, 6.07) is 6.87. The van der Waals surface area contributed by atoms with Crippen LogP contribution in [0.2, 0.25) is 0 Å². The summed E-state index contributed by atoms with van der Waals surface area (Å²) in [4.78, 5) is 0. The molecule has 0 spiro atoms. The van der Waals surface area contributed by atoms with Crippen molar-refractivity contribution in [1.82, 2.24) is 5.32 Å². The van der Waals surface area contributed by atoms with Gasteiger partial charge in [0.15, 0.2) is 0 Å². The van der Waals surface area contributed by atoms with Gasteiger partial charge in [0, 0.05) is 18.6 Å². The minimum Gasteiger partial charge on any atom is -0.435 e. The lowest BCUT2D eigenvalue weighted by Crippen LogP contribution is -2.35. The Morgan fingerprint density at radius 2 is 2.06 bits per heavy atom. The van der Waals surface area contributed by atoms with Crippen LogP contribution in [0.15, 0.2) is 24.3 Å². The van der Waals surface area contributed by atoms with Gasteiger partial charge in [-0.1, -0.05) is 12.1 Å². The summed E-state index contributed by atoms with van der Waals surface area (Å²) in [6.45, 7) is 1.65. The van der Waals surface area contributed by atoms with Gasteiger partial charge in [0.1, 0.15) is 5.75 Å². The number of halogens is 2. The molecule has 2 atom stereocenters. The number of rotatable bonds is 6. The van der Waals surface area contributed by atoms with E-state index in [0.717, 1.165) is 5.56 Å². The van der Waals surface area contributed by atoms with Crippen LogP contribution < -0.4 is 15.8 Å². The highest BCUT2D eigenvalue weighted by atomic mass is 19.3. The molecule has 5 heteroatoms. The lowest BCUT2D eigenvalue weighted by molar-refractivity contribution is -0.0499. The smallest absolute Gasteiger partial charge is 0.387 e. The number of hydrogen-bond donors (Lipinski definition) is 2. The molecule has 0 saturated heterocycles. The SMILES string of the molecule is CC(CN)NC(C)c1cccc(OC(F)F)c1. The third-order valence-corrected chi connectivity index (χ3v) is 2.47. The van der Waals surface area contributed by atoms with Gasteiger partial charge in [0.2, 0.25) is 0 Å². The third kappa shape index (κ3) is 4.66. The van der Waals surface area contributed by atoms with Crippen LogP contribution in [0.25, 0.3) is 0 Å². The molecule has 2 unspecified atom stereocenters. The molecule has 0 amide bonds. The first-order valence-corrected chi connectivity index (χ1v) is 5.53. The van der Waals surface area contributed by atoms with Crippen molar-refractivity contribution in [3.8, 4) is 5.75 Å². The number of nitrogens with one attached hydrogen (secondary N) is 1. The van der Waals surface area contributed by atoms with E-state index < -0.39 is 6.61 Å². The summed E-state index contributed by atoms with van der Waals surface area (Å²) in [7, 11) is 0. The highest BCUT2D eigenvalue weighted by molar-refractivity contribution is 5.30. The van der Waals surface area contributed by atoms with E-state index in [1.54, 1.807) is 12.1 Å². The second-order valence-corrected chi connectivity index (χ2v) is 3.98. The summed E-state index contributed by atoms with van der Waals surface area (Å²) >= 11 is 0. The summed E-state index contributed by atoms with van der Waals surface area (Å²) in [5, 5.41) is 3.26. The van der Waals surface area contributed by atoms with Crippen LogP contribution in [0.4, 0.5) is 8.78 Å². The Bertz CT molecular complexity index is 347. The molecular formula is C12H18F2N2O. The Morgan fingerprint density at radius 1 is 1.35 bits per heavy atom. The van der Waals surface area contributed by atoms with Crippen molar-refractivity contribution in [3.05, 3.63) is 29.8 Å². The Morgan fingerprint density at radius 3 is 2.65 bits per heavy atom. The molecule has 0 aromatic heterocycles. The molecule has 0 bridgehead atoms. The maximum Gasteiger partial charge on any atom is 0.387 e. The van der Waals surface area contributed by atoms with Gasteiger partial charge in [0.05, 0.1) is 0 Å². The van der Waals surface area contributed by atoms with Crippen LogP contribution in [0.1, 0.15) is 25.5 Å². The van der Waals surface area contributed by atoms with Gasteiger partial charge in [-0.3, -0.25) is 0 Å². The average Bonchev–Trinajstić information content (AvgIpc) is 2.28. The molecule has 1 aromatic rings. The summed E-state index contributed by atoms with van der Waals surface area (Å²) in [5.41, 5.74) is 6.40. The number of hydrogen-bond acceptors (Lipinski definition) is 3. The fraction of sp³-hybridized carbons (Fsp3) is 0.500. The first-order chi connectivity index (χ1) is 8.02. The molecule has 0 heterocycles. The van der Waals surface area contributed by atoms with E-state index in [-0.39, 0.29) is 17.8 Å². The van der Waals surface area contributed by atoms with E-state index in [0.29, 0.717) is 6.54 Å². The zero-order valence-electron chi connectivity index (χ0n) is 9.99. The Labute approximate surface area is 100.0 Å². The van der Waals surface area contributed by atoms with Gasteiger partial charge in [0.25, 0.3) is 0 Å². The van der Waals surface area contributed by atoms with Gasteiger partial charge in [-0.2, -0.15) is 8.78 Å². The summed E-state index contributed by atoms with van der Waals surface area (Å²) in [5.74, 6) is 0.173. The maximum absolute atomic E-state index is 12.1. The fourth-order valence-corrected chi connectivity index (χ4v) is 1.55. The standard InChI is InChI=1S/C12H18F2N2O/c1-8(7-15)16-9(2)10-4-3-5-11(6-10)17-12(13)14/h3-6,8-9,12,16H,7,15H2,1-2H3. The zero-order chi connectivity index (χ0) is 12.8. The monoisotopic (exact) mass is 244 g/mol. The Balaban J connectivity index is 2.70. The van der Waals surface area contributed by atoms with Crippen molar-refractivity contribution in [1.29, 1.82) is 0 Å². The van der Waals surface area contributed by atoms with E-state index in [9.17, 15) is 8.78 Å². The minimum absolute atomic E-state index is 0.0368. The molecule has 1 aromatic carbocycles. The van der Waals surface area contributed by atoms with Crippen molar-refractivity contribution in [2.24, 2.45) is 5.73 Å². The van der Waals surface area contributed by atoms with Crippen molar-refractivity contribution >= 4 is 0 Å². The number of alkyl halides is 2. The minimum atomic E-state index is -2.79. The van der Waals surface area contributed by atoms with Gasteiger partial charge < -0.3 is 15.8 Å². The first-order valence-electron chi connectivity index (χ1n) is 5.53. The van der Waals surface area contributed by atoms with Crippen LogP contribution in [0.5, 0.6) is 5.75 Å². The first kappa shape index (κ1) is 13.9. The lowest BCUT2D eigenvalue weighted by Gasteiger charge is -2.19. The van der Waals surface area contributed by atoms with E-state index in [1.165, 1.54) is 6.07 Å². The van der Waals surface area contributed by atoms with Crippen LogP contribution in [-0.4, -0.2) is 19.2 Å². The molecule has 0 radical (unpaired) electrons. The molecule has 0 fully saturated rings. The molecule has 0 saturated carbocycles. The number of ether oxygens (including phenoxy) is 1. The Hall–Kier alpha value is -1.20. The normalized spacial score (nSPS) is 14.7. The molecule has 0 aliphatic carbocycles. The second kappa shape index (κ2) is 6.51. The predicted molar refractivity (Wildman–Crippen MR) is 63.1 cm³/mol. The molecule has 0 aliphatic rings. The molecule has 3 N–H and O–H groups in total. The third-order valence-electron chi connectivity index (χ3n) is 2.47. The Kier molecular flexibility index (Phi) is 5.31.